The number of aliphatic hydroxyl groups is 1. The Kier molecular flexibility index (Phi) is 7.82. The first-order valence-corrected chi connectivity index (χ1v) is 7.21. The van der Waals surface area contributed by atoms with E-state index >= 15 is 0 Å². The molecule has 0 unspecified atom stereocenters. The summed E-state index contributed by atoms with van der Waals surface area (Å²) in [4.78, 5) is 0. The Bertz CT molecular complexity index is 291. The molecule has 0 atom stereocenters. The van der Waals surface area contributed by atoms with Gasteiger partial charge in [0.15, 0.2) is 0 Å². The molecule has 0 aliphatic carbocycles. The summed E-state index contributed by atoms with van der Waals surface area (Å²) in [7, 11) is -5.27. The molecule has 0 amide bonds. The quantitative estimate of drug-likeness (QED) is 0.474. The van der Waals surface area contributed by atoms with Gasteiger partial charge in [0.1, 0.15) is 0 Å². The van der Waals surface area contributed by atoms with Gasteiger partial charge in [-0.15, -0.1) is 0 Å². The summed E-state index contributed by atoms with van der Waals surface area (Å²) in [6, 6.07) is 0. The van der Waals surface area contributed by atoms with Gasteiger partial charge in [0.25, 0.3) is 0 Å². The first-order chi connectivity index (χ1) is 7.81. The van der Waals surface area contributed by atoms with Crippen molar-refractivity contribution in [3.63, 3.8) is 0 Å². The zero-order chi connectivity index (χ0) is 13.4. The Balaban J connectivity index is 3.52. The minimum atomic E-state index is -5.27. The molecule has 0 spiro atoms. The molecule has 4 nitrogen and oxygen atoms in total. The third-order valence-electron chi connectivity index (χ3n) is 2.50. The number of hydrogen-bond acceptors (Lipinski definition) is 3. The Morgan fingerprint density at radius 3 is 1.71 bits per heavy atom. The van der Waals surface area contributed by atoms with Gasteiger partial charge in [0.05, 0.1) is 0 Å². The van der Waals surface area contributed by atoms with Gasteiger partial charge < -0.3 is 5.11 Å². The van der Waals surface area contributed by atoms with E-state index in [0.717, 1.165) is 32.1 Å². The zero-order valence-corrected chi connectivity index (χ0v) is 10.6. The summed E-state index contributed by atoms with van der Waals surface area (Å²) < 4.78 is 54.3. The average Bonchev–Trinajstić information content (AvgIpc) is 2.20. The smallest absolute Gasteiger partial charge is 0.370 e. The van der Waals surface area contributed by atoms with Gasteiger partial charge in [0.2, 0.25) is 0 Å². The van der Waals surface area contributed by atoms with Crippen molar-refractivity contribution < 1.29 is 26.9 Å². The summed E-state index contributed by atoms with van der Waals surface area (Å²) in [6.07, 6.45) is 4.01. The number of alkyl halides is 2. The summed E-state index contributed by atoms with van der Waals surface area (Å²) >= 11 is 0. The largest absolute Gasteiger partial charge is 0.396 e. The van der Waals surface area contributed by atoms with Crippen molar-refractivity contribution in [2.75, 3.05) is 6.61 Å². The molecular weight excluding hydrogens is 254 g/mol. The van der Waals surface area contributed by atoms with Crippen LogP contribution in [0.1, 0.15) is 51.4 Å². The fraction of sp³-hybridized carbons (Fsp3) is 1.00. The van der Waals surface area contributed by atoms with Crippen LogP contribution in [0.5, 0.6) is 0 Å². The van der Waals surface area contributed by atoms with Gasteiger partial charge in [0, 0.05) is 13.0 Å². The highest BCUT2D eigenvalue weighted by atomic mass is 32.2. The number of halogens is 2. The molecule has 0 fully saturated rings. The van der Waals surface area contributed by atoms with Crippen LogP contribution in [-0.4, -0.2) is 29.9 Å². The third kappa shape index (κ3) is 7.62. The maximum atomic E-state index is 12.7. The highest BCUT2D eigenvalue weighted by Gasteiger charge is 2.42. The maximum absolute atomic E-state index is 12.7. The second-order valence-corrected chi connectivity index (χ2v) is 5.61. The molecular formula is C10H20F2O4S. The Morgan fingerprint density at radius 2 is 1.29 bits per heavy atom. The Labute approximate surface area is 101 Å². The van der Waals surface area contributed by atoms with Gasteiger partial charge in [-0.05, 0) is 12.8 Å². The van der Waals surface area contributed by atoms with E-state index in [9.17, 15) is 17.2 Å². The van der Waals surface area contributed by atoms with Crippen LogP contribution in [0.2, 0.25) is 0 Å². The zero-order valence-electron chi connectivity index (χ0n) is 9.74. The van der Waals surface area contributed by atoms with Crippen LogP contribution >= 0.6 is 0 Å². The average molecular weight is 274 g/mol. The molecule has 0 aromatic carbocycles. The van der Waals surface area contributed by atoms with Crippen LogP contribution in [0.15, 0.2) is 0 Å². The summed E-state index contributed by atoms with van der Waals surface area (Å²) in [5, 5.41) is 4.48. The van der Waals surface area contributed by atoms with Crippen molar-refractivity contribution in [2.24, 2.45) is 0 Å². The lowest BCUT2D eigenvalue weighted by molar-refractivity contribution is 0.0683. The molecule has 0 heterocycles. The third-order valence-corrected chi connectivity index (χ3v) is 3.46. The van der Waals surface area contributed by atoms with E-state index in [1.165, 1.54) is 0 Å². The molecule has 104 valence electrons. The lowest BCUT2D eigenvalue weighted by Gasteiger charge is -2.12. The molecule has 17 heavy (non-hydrogen) atoms. The summed E-state index contributed by atoms with van der Waals surface area (Å²) in [5.74, 6) is 0. The molecule has 0 radical (unpaired) electrons. The normalized spacial score (nSPS) is 12.9. The molecule has 0 saturated carbocycles. The minimum Gasteiger partial charge on any atom is -0.396 e. The van der Waals surface area contributed by atoms with Crippen molar-refractivity contribution >= 4 is 10.1 Å². The van der Waals surface area contributed by atoms with E-state index in [-0.39, 0.29) is 13.0 Å². The second-order valence-electron chi connectivity index (χ2n) is 4.06. The fourth-order valence-corrected chi connectivity index (χ4v) is 1.86. The van der Waals surface area contributed by atoms with E-state index in [1.54, 1.807) is 0 Å². The summed E-state index contributed by atoms with van der Waals surface area (Å²) in [5.41, 5.74) is 0. The number of rotatable bonds is 10. The maximum Gasteiger partial charge on any atom is 0.370 e. The monoisotopic (exact) mass is 274 g/mol. The predicted molar refractivity (Wildman–Crippen MR) is 60.5 cm³/mol. The highest BCUT2D eigenvalue weighted by Crippen LogP contribution is 2.27. The first-order valence-electron chi connectivity index (χ1n) is 5.77. The van der Waals surface area contributed by atoms with Crippen molar-refractivity contribution in [1.82, 2.24) is 0 Å². The van der Waals surface area contributed by atoms with Gasteiger partial charge in [-0.2, -0.15) is 17.2 Å². The SMILES string of the molecule is O=S(=O)(O)C(F)(F)CCCCCCCCCO. The lowest BCUT2D eigenvalue weighted by atomic mass is 10.1. The van der Waals surface area contributed by atoms with E-state index < -0.39 is 21.8 Å². The van der Waals surface area contributed by atoms with E-state index in [0.29, 0.717) is 6.42 Å². The van der Waals surface area contributed by atoms with Gasteiger partial charge in [-0.3, -0.25) is 4.55 Å². The molecule has 0 rings (SSSR count). The van der Waals surface area contributed by atoms with Crippen molar-refractivity contribution in [3.8, 4) is 0 Å². The van der Waals surface area contributed by atoms with E-state index in [2.05, 4.69) is 0 Å². The molecule has 2 N–H and O–H groups in total. The van der Waals surface area contributed by atoms with Gasteiger partial charge >= 0.3 is 15.4 Å². The summed E-state index contributed by atoms with van der Waals surface area (Å²) in [6.45, 7) is 0.167. The lowest BCUT2D eigenvalue weighted by Crippen LogP contribution is -2.27. The van der Waals surface area contributed by atoms with Crippen molar-refractivity contribution in [2.45, 2.75) is 56.6 Å². The second kappa shape index (κ2) is 7.94. The van der Waals surface area contributed by atoms with Crippen LogP contribution in [0.25, 0.3) is 0 Å². The van der Waals surface area contributed by atoms with Crippen LogP contribution in [0, 0.1) is 0 Å². The molecule has 0 aromatic heterocycles. The molecule has 0 aliphatic heterocycles. The molecule has 7 heteroatoms. The van der Waals surface area contributed by atoms with E-state index in [4.69, 9.17) is 9.66 Å². The molecule has 0 aliphatic rings. The Hall–Kier alpha value is -0.270. The molecule has 0 bridgehead atoms. The first kappa shape index (κ1) is 16.7. The highest BCUT2D eigenvalue weighted by molar-refractivity contribution is 7.86. The predicted octanol–water partition coefficient (Wildman–Crippen LogP) is 2.58. The van der Waals surface area contributed by atoms with Gasteiger partial charge in [-0.25, -0.2) is 0 Å². The number of hydrogen-bond donors (Lipinski definition) is 2. The van der Waals surface area contributed by atoms with E-state index in [1.807, 2.05) is 0 Å². The Morgan fingerprint density at radius 1 is 0.882 bits per heavy atom. The molecule has 0 saturated heterocycles. The van der Waals surface area contributed by atoms with Crippen LogP contribution in [0.3, 0.4) is 0 Å². The van der Waals surface area contributed by atoms with Crippen LogP contribution in [0.4, 0.5) is 8.78 Å². The molecule has 0 aromatic rings. The minimum absolute atomic E-state index is 0.0762. The van der Waals surface area contributed by atoms with Crippen LogP contribution in [-0.2, 0) is 10.1 Å². The van der Waals surface area contributed by atoms with Crippen molar-refractivity contribution in [1.29, 1.82) is 0 Å². The number of unbranched alkanes of at least 4 members (excludes halogenated alkanes) is 6. The standard InChI is InChI=1S/C10H20F2O4S/c11-10(12,17(14,15)16)8-6-4-2-1-3-5-7-9-13/h13H,1-9H2,(H,14,15,16). The number of aliphatic hydroxyl groups excluding tert-OH is 1. The fourth-order valence-electron chi connectivity index (χ4n) is 1.46. The van der Waals surface area contributed by atoms with Crippen molar-refractivity contribution in [3.05, 3.63) is 0 Å². The van der Waals surface area contributed by atoms with Gasteiger partial charge in [-0.1, -0.05) is 32.1 Å². The topological polar surface area (TPSA) is 74.6 Å². The van der Waals surface area contributed by atoms with Crippen LogP contribution < -0.4 is 0 Å².